The number of benzene rings is 1. The van der Waals surface area contributed by atoms with Crippen LogP contribution in [0.4, 0.5) is 10.1 Å². The van der Waals surface area contributed by atoms with Crippen LogP contribution in [-0.2, 0) is 14.3 Å². The summed E-state index contributed by atoms with van der Waals surface area (Å²) in [6, 6.07) is 3.97. The molecule has 1 saturated heterocycles. The van der Waals surface area contributed by atoms with Gasteiger partial charge in [-0.15, -0.1) is 0 Å². The summed E-state index contributed by atoms with van der Waals surface area (Å²) in [5.41, 5.74) is 0.447. The zero-order chi connectivity index (χ0) is 15.1. The van der Waals surface area contributed by atoms with Gasteiger partial charge in [0.15, 0.2) is 0 Å². The van der Waals surface area contributed by atoms with Crippen LogP contribution in [0, 0.1) is 5.82 Å². The van der Waals surface area contributed by atoms with Gasteiger partial charge < -0.3 is 19.5 Å². The van der Waals surface area contributed by atoms with Crippen molar-refractivity contribution in [1.82, 2.24) is 0 Å². The van der Waals surface area contributed by atoms with Gasteiger partial charge >= 0.3 is 0 Å². The first kappa shape index (κ1) is 15.7. The van der Waals surface area contributed by atoms with Crippen LogP contribution in [0.5, 0.6) is 5.75 Å². The number of methoxy groups -OCH3 is 1. The normalized spacial score (nSPS) is 17.7. The number of hydrogen-bond acceptors (Lipinski definition) is 4. The van der Waals surface area contributed by atoms with Crippen LogP contribution in [0.2, 0.25) is 0 Å². The lowest BCUT2D eigenvalue weighted by molar-refractivity contribution is -0.117. The highest BCUT2D eigenvalue weighted by molar-refractivity contribution is 5.92. The van der Waals surface area contributed by atoms with E-state index in [1.165, 1.54) is 25.3 Å². The van der Waals surface area contributed by atoms with E-state index < -0.39 is 5.82 Å². The Morgan fingerprint density at radius 3 is 3.10 bits per heavy atom. The van der Waals surface area contributed by atoms with Crippen molar-refractivity contribution in [2.75, 3.05) is 32.2 Å². The van der Waals surface area contributed by atoms with Gasteiger partial charge in [0.1, 0.15) is 11.6 Å². The monoisotopic (exact) mass is 297 g/mol. The molecule has 0 saturated carbocycles. The Bertz CT molecular complexity index is 475. The van der Waals surface area contributed by atoms with Gasteiger partial charge in [-0.1, -0.05) is 0 Å². The van der Waals surface area contributed by atoms with Crippen LogP contribution in [0.3, 0.4) is 0 Å². The van der Waals surface area contributed by atoms with E-state index in [0.29, 0.717) is 24.7 Å². The average Bonchev–Trinajstić information content (AvgIpc) is 2.99. The van der Waals surface area contributed by atoms with E-state index in [-0.39, 0.29) is 18.4 Å². The van der Waals surface area contributed by atoms with Gasteiger partial charge in [0.25, 0.3) is 0 Å². The topological polar surface area (TPSA) is 56.8 Å². The second-order valence-electron chi connectivity index (χ2n) is 4.85. The fraction of sp³-hybridized carbons (Fsp3) is 0.533. The van der Waals surface area contributed by atoms with E-state index in [9.17, 15) is 9.18 Å². The zero-order valence-corrected chi connectivity index (χ0v) is 12.1. The van der Waals surface area contributed by atoms with Crippen LogP contribution in [-0.4, -0.2) is 38.9 Å². The van der Waals surface area contributed by atoms with E-state index in [1.807, 2.05) is 0 Å². The smallest absolute Gasteiger partial charge is 0.226 e. The highest BCUT2D eigenvalue weighted by Crippen LogP contribution is 2.24. The molecule has 1 aliphatic heterocycles. The van der Waals surface area contributed by atoms with Crippen molar-refractivity contribution in [2.24, 2.45) is 0 Å². The Hall–Kier alpha value is -1.66. The summed E-state index contributed by atoms with van der Waals surface area (Å²) in [6.07, 6.45) is 2.47. The first-order valence-corrected chi connectivity index (χ1v) is 7.02. The SMILES string of the molecule is COc1cc(F)ccc1NC(=O)CCOCC1CCCO1. The van der Waals surface area contributed by atoms with Gasteiger partial charge in [0.05, 0.1) is 38.5 Å². The number of amides is 1. The molecule has 1 aromatic carbocycles. The summed E-state index contributed by atoms with van der Waals surface area (Å²) >= 11 is 0. The Morgan fingerprint density at radius 1 is 1.52 bits per heavy atom. The molecule has 1 atom stereocenters. The average molecular weight is 297 g/mol. The van der Waals surface area contributed by atoms with E-state index in [2.05, 4.69) is 5.32 Å². The van der Waals surface area contributed by atoms with Crippen molar-refractivity contribution in [1.29, 1.82) is 0 Å². The minimum absolute atomic E-state index is 0.158. The molecule has 2 rings (SSSR count). The molecule has 1 fully saturated rings. The Labute approximate surface area is 123 Å². The third-order valence-corrected chi connectivity index (χ3v) is 3.24. The summed E-state index contributed by atoms with van der Waals surface area (Å²) in [5, 5.41) is 2.68. The maximum absolute atomic E-state index is 13.0. The summed E-state index contributed by atoms with van der Waals surface area (Å²) in [7, 11) is 1.43. The molecule has 0 aliphatic carbocycles. The van der Waals surface area contributed by atoms with Gasteiger partial charge in [-0.05, 0) is 25.0 Å². The lowest BCUT2D eigenvalue weighted by Crippen LogP contribution is -2.18. The summed E-state index contributed by atoms with van der Waals surface area (Å²) in [6.45, 7) is 1.64. The minimum Gasteiger partial charge on any atom is -0.494 e. The summed E-state index contributed by atoms with van der Waals surface area (Å²) in [4.78, 5) is 11.8. The van der Waals surface area contributed by atoms with Crippen molar-refractivity contribution in [3.05, 3.63) is 24.0 Å². The molecule has 21 heavy (non-hydrogen) atoms. The van der Waals surface area contributed by atoms with Crippen molar-refractivity contribution in [3.63, 3.8) is 0 Å². The van der Waals surface area contributed by atoms with Gasteiger partial charge in [0.2, 0.25) is 5.91 Å². The van der Waals surface area contributed by atoms with Gasteiger partial charge in [-0.3, -0.25) is 4.79 Å². The quantitative estimate of drug-likeness (QED) is 0.785. The third kappa shape index (κ3) is 4.99. The zero-order valence-electron chi connectivity index (χ0n) is 12.1. The van der Waals surface area contributed by atoms with E-state index in [1.54, 1.807) is 0 Å². The lowest BCUT2D eigenvalue weighted by atomic mass is 10.2. The van der Waals surface area contributed by atoms with Crippen molar-refractivity contribution in [3.8, 4) is 5.75 Å². The standard InChI is InChI=1S/C15H20FNO4/c1-19-14-9-11(16)4-5-13(14)17-15(18)6-8-20-10-12-3-2-7-21-12/h4-5,9,12H,2-3,6-8,10H2,1H3,(H,17,18). The van der Waals surface area contributed by atoms with Gasteiger partial charge in [-0.25, -0.2) is 4.39 Å². The van der Waals surface area contributed by atoms with Crippen LogP contribution in [0.15, 0.2) is 18.2 Å². The summed E-state index contributed by atoms with van der Waals surface area (Å²) < 4.78 is 28.9. The molecule has 1 amide bonds. The second kappa shape index (κ2) is 7.95. The van der Waals surface area contributed by atoms with Crippen molar-refractivity contribution >= 4 is 11.6 Å². The predicted octanol–water partition coefficient (Wildman–Crippen LogP) is 2.36. The molecule has 1 N–H and O–H groups in total. The number of carbonyl (C=O) groups excluding carboxylic acids is 1. The predicted molar refractivity (Wildman–Crippen MR) is 76.0 cm³/mol. The van der Waals surface area contributed by atoms with Crippen molar-refractivity contribution < 1.29 is 23.4 Å². The highest BCUT2D eigenvalue weighted by Gasteiger charge is 2.15. The van der Waals surface area contributed by atoms with Gasteiger partial charge in [-0.2, -0.15) is 0 Å². The van der Waals surface area contributed by atoms with Crippen LogP contribution in [0.1, 0.15) is 19.3 Å². The molecule has 0 spiro atoms. The summed E-state index contributed by atoms with van der Waals surface area (Å²) in [5.74, 6) is -0.319. The number of halogens is 1. The molecule has 0 radical (unpaired) electrons. The van der Waals surface area contributed by atoms with Crippen LogP contribution >= 0.6 is 0 Å². The Kier molecular flexibility index (Phi) is 5.95. The molecule has 0 bridgehead atoms. The fourth-order valence-corrected chi connectivity index (χ4v) is 2.14. The third-order valence-electron chi connectivity index (χ3n) is 3.24. The molecule has 0 aromatic heterocycles. The van der Waals surface area contributed by atoms with E-state index >= 15 is 0 Å². The molecular weight excluding hydrogens is 277 g/mol. The van der Waals surface area contributed by atoms with E-state index in [4.69, 9.17) is 14.2 Å². The maximum atomic E-state index is 13.0. The second-order valence-corrected chi connectivity index (χ2v) is 4.85. The highest BCUT2D eigenvalue weighted by atomic mass is 19.1. The molecule has 6 heteroatoms. The largest absolute Gasteiger partial charge is 0.494 e. The number of rotatable bonds is 7. The number of anilines is 1. The number of nitrogens with one attached hydrogen (secondary N) is 1. The maximum Gasteiger partial charge on any atom is 0.226 e. The molecule has 1 aliphatic rings. The molecule has 1 heterocycles. The molecule has 1 unspecified atom stereocenters. The molecule has 1 aromatic rings. The number of carbonyl (C=O) groups is 1. The van der Waals surface area contributed by atoms with Crippen molar-refractivity contribution in [2.45, 2.75) is 25.4 Å². The molecule has 116 valence electrons. The van der Waals surface area contributed by atoms with Gasteiger partial charge in [0, 0.05) is 12.7 Å². The molecular formula is C15H20FNO4. The molecule has 5 nitrogen and oxygen atoms in total. The fourth-order valence-electron chi connectivity index (χ4n) is 2.14. The lowest BCUT2D eigenvalue weighted by Gasteiger charge is -2.11. The first-order valence-electron chi connectivity index (χ1n) is 7.02. The number of ether oxygens (including phenoxy) is 3. The van der Waals surface area contributed by atoms with Crippen LogP contribution in [0.25, 0.3) is 0 Å². The van der Waals surface area contributed by atoms with Crippen LogP contribution < -0.4 is 10.1 Å². The first-order chi connectivity index (χ1) is 10.2. The Balaban J connectivity index is 1.71. The van der Waals surface area contributed by atoms with E-state index in [0.717, 1.165) is 19.4 Å². The minimum atomic E-state index is -0.412. The number of hydrogen-bond donors (Lipinski definition) is 1. The Morgan fingerprint density at radius 2 is 2.38 bits per heavy atom.